The normalized spacial score (nSPS) is 17.0. The molecular formula is C21H20N4O3S. The van der Waals surface area contributed by atoms with E-state index in [1.165, 1.54) is 0 Å². The van der Waals surface area contributed by atoms with Crippen molar-refractivity contribution in [3.8, 4) is 17.2 Å². The Morgan fingerprint density at radius 1 is 1.31 bits per heavy atom. The fourth-order valence-corrected chi connectivity index (χ4v) is 4.41. The van der Waals surface area contributed by atoms with Crippen LogP contribution in [-0.2, 0) is 0 Å². The van der Waals surface area contributed by atoms with E-state index < -0.39 is 0 Å². The lowest BCUT2D eigenvalue weighted by atomic mass is 9.98. The number of nitrogens with zero attached hydrogens (tertiary/aromatic N) is 3. The molecule has 0 saturated carbocycles. The Hall–Kier alpha value is -3.13. The first-order valence-electron chi connectivity index (χ1n) is 9.53. The molecule has 148 valence electrons. The van der Waals surface area contributed by atoms with Gasteiger partial charge in [0.05, 0.1) is 13.0 Å². The second-order valence-corrected chi connectivity index (χ2v) is 7.96. The number of hydrogen-bond acceptors (Lipinski definition) is 6. The van der Waals surface area contributed by atoms with Crippen LogP contribution in [0.1, 0.15) is 35.1 Å². The van der Waals surface area contributed by atoms with Crippen LogP contribution in [0.25, 0.3) is 22.4 Å². The largest absolute Gasteiger partial charge is 0.497 e. The maximum absolute atomic E-state index is 13.1. The van der Waals surface area contributed by atoms with Gasteiger partial charge in [0.25, 0.3) is 5.91 Å². The van der Waals surface area contributed by atoms with Crippen molar-refractivity contribution < 1.29 is 13.9 Å². The molecular weight excluding hydrogens is 388 g/mol. The van der Waals surface area contributed by atoms with E-state index in [0.717, 1.165) is 41.6 Å². The van der Waals surface area contributed by atoms with Crippen molar-refractivity contribution in [3.63, 3.8) is 0 Å². The summed E-state index contributed by atoms with van der Waals surface area (Å²) in [7, 11) is 1.63. The van der Waals surface area contributed by atoms with E-state index in [4.69, 9.17) is 9.15 Å². The highest BCUT2D eigenvalue weighted by atomic mass is 32.1. The Balaban J connectivity index is 1.34. The highest BCUT2D eigenvalue weighted by Crippen LogP contribution is 2.30. The van der Waals surface area contributed by atoms with Crippen LogP contribution in [0.3, 0.4) is 0 Å². The highest BCUT2D eigenvalue weighted by Gasteiger charge is 2.29. The molecule has 1 atom stereocenters. The summed E-state index contributed by atoms with van der Waals surface area (Å²) in [4.78, 5) is 18.2. The number of carbonyl (C=O) groups excluding carboxylic acids is 1. The number of nitrogens with one attached hydrogen (secondary N) is 1. The van der Waals surface area contributed by atoms with Gasteiger partial charge in [0.15, 0.2) is 0 Å². The highest BCUT2D eigenvalue weighted by molar-refractivity contribution is 7.08. The van der Waals surface area contributed by atoms with Crippen molar-refractivity contribution in [2.24, 2.45) is 0 Å². The van der Waals surface area contributed by atoms with E-state index in [-0.39, 0.29) is 11.8 Å². The number of fused-ring (bicyclic) bond motifs is 1. The minimum absolute atomic E-state index is 0.0116. The topological polar surface area (TPSA) is 84.2 Å². The van der Waals surface area contributed by atoms with Crippen LogP contribution in [-0.4, -0.2) is 46.2 Å². The first kappa shape index (κ1) is 17.9. The molecule has 1 aliphatic rings. The third kappa shape index (κ3) is 3.40. The van der Waals surface area contributed by atoms with E-state index in [2.05, 4.69) is 15.2 Å². The molecule has 7 nitrogen and oxygen atoms in total. The van der Waals surface area contributed by atoms with Crippen LogP contribution in [0.15, 0.2) is 45.5 Å². The number of piperidine rings is 1. The van der Waals surface area contributed by atoms with Crippen LogP contribution in [0, 0.1) is 0 Å². The number of amides is 1. The van der Waals surface area contributed by atoms with Gasteiger partial charge in [0.2, 0.25) is 11.8 Å². The minimum Gasteiger partial charge on any atom is -0.497 e. The van der Waals surface area contributed by atoms with Gasteiger partial charge in [-0.2, -0.15) is 11.3 Å². The molecule has 3 aromatic heterocycles. The fourth-order valence-electron chi connectivity index (χ4n) is 3.78. The van der Waals surface area contributed by atoms with Crippen LogP contribution < -0.4 is 4.74 Å². The predicted octanol–water partition coefficient (Wildman–Crippen LogP) is 4.31. The van der Waals surface area contributed by atoms with Crippen molar-refractivity contribution in [2.75, 3.05) is 20.2 Å². The molecule has 0 spiro atoms. The molecule has 0 radical (unpaired) electrons. The molecule has 1 N–H and O–H groups in total. The molecule has 1 amide bonds. The van der Waals surface area contributed by atoms with Crippen LogP contribution in [0.5, 0.6) is 5.75 Å². The van der Waals surface area contributed by atoms with Crippen LogP contribution in [0.2, 0.25) is 0 Å². The summed E-state index contributed by atoms with van der Waals surface area (Å²) in [5, 5.41) is 13.4. The lowest BCUT2D eigenvalue weighted by Gasteiger charge is -2.30. The van der Waals surface area contributed by atoms with Gasteiger partial charge in [0, 0.05) is 41.0 Å². The molecule has 1 fully saturated rings. The second kappa shape index (κ2) is 7.36. The lowest BCUT2D eigenvalue weighted by molar-refractivity contribution is 0.0693. The van der Waals surface area contributed by atoms with E-state index in [0.29, 0.717) is 24.0 Å². The quantitative estimate of drug-likeness (QED) is 0.544. The van der Waals surface area contributed by atoms with Gasteiger partial charge in [-0.3, -0.25) is 4.79 Å². The Bertz CT molecular complexity index is 1150. The smallest absolute Gasteiger partial charge is 0.270 e. The average Bonchev–Trinajstić information content (AvgIpc) is 3.52. The fraction of sp³-hybridized carbons (Fsp3) is 0.286. The van der Waals surface area contributed by atoms with Crippen molar-refractivity contribution in [3.05, 3.63) is 52.7 Å². The number of H-pyrrole nitrogens is 1. The minimum atomic E-state index is -0.0116. The number of benzene rings is 1. The zero-order valence-electron chi connectivity index (χ0n) is 15.9. The number of carbonyl (C=O) groups is 1. The summed E-state index contributed by atoms with van der Waals surface area (Å²) in [6.45, 7) is 1.29. The van der Waals surface area contributed by atoms with Crippen molar-refractivity contribution in [1.82, 2.24) is 20.1 Å². The maximum atomic E-state index is 13.1. The molecule has 8 heteroatoms. The zero-order valence-corrected chi connectivity index (χ0v) is 16.7. The van der Waals surface area contributed by atoms with Gasteiger partial charge >= 0.3 is 0 Å². The standard InChI is InChI=1S/C21H20N4O3S/c1-27-16-5-4-13-9-18(22-17(13)10-16)21(26)25-7-2-3-14(11-25)19-23-24-20(28-19)15-6-8-29-12-15/h4-6,8-10,12,14,22H,2-3,7,11H2,1H3/t14-/m0/s1. The van der Waals surface area contributed by atoms with Gasteiger partial charge in [-0.05, 0) is 42.5 Å². The molecule has 5 rings (SSSR count). The van der Waals surface area contributed by atoms with E-state index in [1.807, 2.05) is 46.0 Å². The zero-order chi connectivity index (χ0) is 19.8. The number of ether oxygens (including phenoxy) is 1. The molecule has 1 aromatic carbocycles. The Labute approximate surface area is 171 Å². The average molecular weight is 408 g/mol. The summed E-state index contributed by atoms with van der Waals surface area (Å²) in [5.41, 5.74) is 2.41. The molecule has 0 aliphatic carbocycles. The Kier molecular flexibility index (Phi) is 4.55. The van der Waals surface area contributed by atoms with Gasteiger partial charge in [-0.15, -0.1) is 10.2 Å². The summed E-state index contributed by atoms with van der Waals surface area (Å²) < 4.78 is 11.2. The molecule has 1 aliphatic heterocycles. The van der Waals surface area contributed by atoms with Gasteiger partial charge < -0.3 is 19.0 Å². The molecule has 4 heterocycles. The molecule has 0 unspecified atom stereocenters. The van der Waals surface area contributed by atoms with Gasteiger partial charge in [0.1, 0.15) is 11.4 Å². The molecule has 4 aromatic rings. The molecule has 0 bridgehead atoms. The molecule has 29 heavy (non-hydrogen) atoms. The number of hydrogen-bond donors (Lipinski definition) is 1. The number of aromatic nitrogens is 3. The van der Waals surface area contributed by atoms with E-state index >= 15 is 0 Å². The number of rotatable bonds is 4. The first-order chi connectivity index (χ1) is 14.2. The second-order valence-electron chi connectivity index (χ2n) is 7.18. The van der Waals surface area contributed by atoms with Crippen molar-refractivity contribution >= 4 is 28.1 Å². The predicted molar refractivity (Wildman–Crippen MR) is 110 cm³/mol. The number of methoxy groups -OCH3 is 1. The van der Waals surface area contributed by atoms with Crippen LogP contribution >= 0.6 is 11.3 Å². The number of likely N-dealkylation sites (tertiary alicyclic amines) is 1. The van der Waals surface area contributed by atoms with Crippen molar-refractivity contribution in [1.29, 1.82) is 0 Å². The van der Waals surface area contributed by atoms with E-state index in [1.54, 1.807) is 18.4 Å². The van der Waals surface area contributed by atoms with Gasteiger partial charge in [-0.1, -0.05) is 0 Å². The van der Waals surface area contributed by atoms with Crippen molar-refractivity contribution in [2.45, 2.75) is 18.8 Å². The van der Waals surface area contributed by atoms with Gasteiger partial charge in [-0.25, -0.2) is 0 Å². The Morgan fingerprint density at radius 3 is 3.07 bits per heavy atom. The number of aromatic amines is 1. The van der Waals surface area contributed by atoms with Crippen LogP contribution in [0.4, 0.5) is 0 Å². The summed E-state index contributed by atoms with van der Waals surface area (Å²) >= 11 is 1.59. The summed E-state index contributed by atoms with van der Waals surface area (Å²) in [5.74, 6) is 1.94. The summed E-state index contributed by atoms with van der Waals surface area (Å²) in [6, 6.07) is 9.59. The third-order valence-corrected chi connectivity index (χ3v) is 6.01. The Morgan fingerprint density at radius 2 is 2.24 bits per heavy atom. The molecule has 1 saturated heterocycles. The first-order valence-corrected chi connectivity index (χ1v) is 10.5. The monoisotopic (exact) mass is 408 g/mol. The summed E-state index contributed by atoms with van der Waals surface area (Å²) in [6.07, 6.45) is 1.83. The maximum Gasteiger partial charge on any atom is 0.270 e. The van der Waals surface area contributed by atoms with E-state index in [9.17, 15) is 4.79 Å². The number of thiophene rings is 1. The SMILES string of the molecule is COc1ccc2cc(C(=O)N3CCC[C@H](c4nnc(-c5ccsc5)o4)C3)[nH]c2c1. The third-order valence-electron chi connectivity index (χ3n) is 5.33. The lowest BCUT2D eigenvalue weighted by Crippen LogP contribution is -2.39.